The van der Waals surface area contributed by atoms with E-state index in [0.717, 1.165) is 30.5 Å². The molecule has 1 unspecified atom stereocenters. The third-order valence-electron chi connectivity index (χ3n) is 3.27. The van der Waals surface area contributed by atoms with Crippen molar-refractivity contribution in [3.63, 3.8) is 0 Å². The Labute approximate surface area is 119 Å². The summed E-state index contributed by atoms with van der Waals surface area (Å²) in [5, 5.41) is 0.932. The summed E-state index contributed by atoms with van der Waals surface area (Å²) in [5.74, 6) is -2.80. The van der Waals surface area contributed by atoms with Gasteiger partial charge in [0.2, 0.25) is 9.84 Å². The van der Waals surface area contributed by atoms with Crippen molar-refractivity contribution in [2.45, 2.75) is 17.1 Å². The lowest BCUT2D eigenvalue weighted by Crippen LogP contribution is -2.20. The summed E-state index contributed by atoms with van der Waals surface area (Å²) in [4.78, 5) is 1.80. The van der Waals surface area contributed by atoms with E-state index in [-0.39, 0.29) is 4.90 Å². The molecule has 0 saturated carbocycles. The second-order valence-corrected chi connectivity index (χ2v) is 7.12. The first-order chi connectivity index (χ1) is 8.95. The lowest BCUT2D eigenvalue weighted by atomic mass is 10.2. The number of hydrogen-bond donors (Lipinski definition) is 0. The van der Waals surface area contributed by atoms with Gasteiger partial charge in [0.25, 0.3) is 0 Å². The second-order valence-electron chi connectivity index (χ2n) is 4.55. The predicted molar refractivity (Wildman–Crippen MR) is 73.7 cm³/mol. The minimum Gasteiger partial charge on any atom is -0.371 e. The quantitative estimate of drug-likeness (QED) is 0.781. The first-order valence-corrected chi connectivity index (χ1v) is 8.55. The smallest absolute Gasteiger partial charge is 0.341 e. The summed E-state index contributed by atoms with van der Waals surface area (Å²) in [7, 11) is -4.49. The summed E-state index contributed by atoms with van der Waals surface area (Å²) in [6.45, 7) is 1.80. The van der Waals surface area contributed by atoms with Crippen LogP contribution in [-0.4, -0.2) is 32.6 Å². The largest absolute Gasteiger partial charge is 0.371 e. The highest BCUT2D eigenvalue weighted by molar-refractivity contribution is 9.09. The van der Waals surface area contributed by atoms with Gasteiger partial charge in [-0.15, -0.1) is 0 Å². The molecule has 7 heteroatoms. The number of halogens is 3. The van der Waals surface area contributed by atoms with Crippen LogP contribution in [0.4, 0.5) is 14.5 Å². The average molecular weight is 354 g/mol. The van der Waals surface area contributed by atoms with Gasteiger partial charge in [0.1, 0.15) is 0 Å². The number of sulfone groups is 1. The van der Waals surface area contributed by atoms with E-state index in [1.165, 1.54) is 12.1 Å². The van der Waals surface area contributed by atoms with Gasteiger partial charge in [0.15, 0.2) is 0 Å². The molecule has 1 aliphatic heterocycles. The average Bonchev–Trinajstić information content (AvgIpc) is 2.87. The molecule has 3 nitrogen and oxygen atoms in total. The summed E-state index contributed by atoms with van der Waals surface area (Å²) < 4.78 is 47.4. The topological polar surface area (TPSA) is 37.4 Å². The molecule has 1 fully saturated rings. The van der Waals surface area contributed by atoms with Crippen molar-refractivity contribution in [1.82, 2.24) is 0 Å². The van der Waals surface area contributed by atoms with Gasteiger partial charge in [0, 0.05) is 24.1 Å². The number of anilines is 1. The van der Waals surface area contributed by atoms with Crippen LogP contribution in [0.1, 0.15) is 6.42 Å². The van der Waals surface area contributed by atoms with E-state index in [9.17, 15) is 17.2 Å². The molecule has 1 heterocycles. The molecule has 0 spiro atoms. The number of nitrogens with zero attached hydrogens (tertiary/aromatic N) is 1. The fourth-order valence-electron chi connectivity index (χ4n) is 2.14. The normalized spacial score (nSPS) is 20.2. The third kappa shape index (κ3) is 3.08. The van der Waals surface area contributed by atoms with E-state index < -0.39 is 15.6 Å². The Morgan fingerprint density at radius 1 is 1.32 bits per heavy atom. The van der Waals surface area contributed by atoms with Crippen LogP contribution in [0.2, 0.25) is 0 Å². The van der Waals surface area contributed by atoms with Gasteiger partial charge in [-0.05, 0) is 36.6 Å². The number of rotatable bonds is 4. The van der Waals surface area contributed by atoms with Gasteiger partial charge in [-0.1, -0.05) is 15.9 Å². The van der Waals surface area contributed by atoms with Crippen LogP contribution in [0.25, 0.3) is 0 Å². The highest BCUT2D eigenvalue weighted by atomic mass is 79.9. The summed E-state index contributed by atoms with van der Waals surface area (Å²) in [6.07, 6.45) is 1.07. The van der Waals surface area contributed by atoms with Gasteiger partial charge in [-0.25, -0.2) is 8.42 Å². The fraction of sp³-hybridized carbons (Fsp3) is 0.500. The first kappa shape index (κ1) is 14.7. The van der Waals surface area contributed by atoms with E-state index in [1.807, 2.05) is 0 Å². The minimum atomic E-state index is -4.49. The fourth-order valence-corrected chi connectivity index (χ4v) is 3.39. The Kier molecular flexibility index (Phi) is 4.45. The zero-order valence-corrected chi connectivity index (χ0v) is 12.5. The molecular formula is C12H14BrF2NO2S. The zero-order valence-electron chi connectivity index (χ0n) is 10.1. The van der Waals surface area contributed by atoms with Gasteiger partial charge < -0.3 is 4.90 Å². The number of hydrogen-bond acceptors (Lipinski definition) is 3. The highest BCUT2D eigenvalue weighted by Gasteiger charge is 2.27. The van der Waals surface area contributed by atoms with Crippen LogP contribution in [0.5, 0.6) is 0 Å². The molecule has 1 aromatic rings. The Hall–Kier alpha value is -0.690. The molecule has 0 amide bonds. The molecule has 1 aromatic carbocycles. The lowest BCUT2D eigenvalue weighted by Gasteiger charge is -2.18. The maximum atomic E-state index is 12.4. The summed E-state index contributed by atoms with van der Waals surface area (Å²) >= 11 is 3.44. The van der Waals surface area contributed by atoms with Crippen LogP contribution in [0, 0.1) is 5.92 Å². The van der Waals surface area contributed by atoms with Crippen molar-refractivity contribution in [3.05, 3.63) is 24.3 Å². The van der Waals surface area contributed by atoms with Crippen LogP contribution in [-0.2, 0) is 9.84 Å². The van der Waals surface area contributed by atoms with Crippen molar-refractivity contribution in [3.8, 4) is 0 Å². The predicted octanol–water partition coefficient (Wildman–Crippen LogP) is 2.90. The van der Waals surface area contributed by atoms with Crippen LogP contribution >= 0.6 is 15.9 Å². The van der Waals surface area contributed by atoms with E-state index >= 15 is 0 Å². The zero-order chi connectivity index (χ0) is 14.0. The Morgan fingerprint density at radius 2 is 1.95 bits per heavy atom. The van der Waals surface area contributed by atoms with Crippen LogP contribution < -0.4 is 4.90 Å². The SMILES string of the molecule is O=S(=O)(c1ccc(N2CCC(CBr)C2)cc1)C(F)F. The van der Waals surface area contributed by atoms with Crippen molar-refractivity contribution in [2.24, 2.45) is 5.92 Å². The monoisotopic (exact) mass is 353 g/mol. The second kappa shape index (κ2) is 5.75. The van der Waals surface area contributed by atoms with Crippen molar-refractivity contribution >= 4 is 31.5 Å². The van der Waals surface area contributed by atoms with E-state index in [1.54, 1.807) is 12.1 Å². The minimum absolute atomic E-state index is 0.331. The molecule has 2 rings (SSSR count). The number of alkyl halides is 3. The molecule has 0 aliphatic carbocycles. The van der Waals surface area contributed by atoms with Gasteiger partial charge >= 0.3 is 5.76 Å². The molecule has 1 saturated heterocycles. The first-order valence-electron chi connectivity index (χ1n) is 5.88. The Balaban J connectivity index is 2.16. The molecule has 0 bridgehead atoms. The molecule has 106 valence electrons. The standard InChI is InChI=1S/C12H14BrF2NO2S/c13-7-9-5-6-16(8-9)10-1-3-11(4-2-10)19(17,18)12(14)15/h1-4,9,12H,5-8H2. The summed E-state index contributed by atoms with van der Waals surface area (Å²) in [5.41, 5.74) is 0.872. The molecule has 1 aliphatic rings. The van der Waals surface area contributed by atoms with Gasteiger partial charge in [-0.2, -0.15) is 8.78 Å². The molecule has 19 heavy (non-hydrogen) atoms. The van der Waals surface area contributed by atoms with Gasteiger partial charge in [0.05, 0.1) is 4.90 Å². The number of benzene rings is 1. The maximum absolute atomic E-state index is 12.4. The molecule has 0 radical (unpaired) electrons. The van der Waals surface area contributed by atoms with E-state index in [0.29, 0.717) is 5.92 Å². The Morgan fingerprint density at radius 3 is 2.42 bits per heavy atom. The molecule has 0 N–H and O–H groups in total. The van der Waals surface area contributed by atoms with Crippen molar-refractivity contribution < 1.29 is 17.2 Å². The third-order valence-corrected chi connectivity index (χ3v) is 5.58. The van der Waals surface area contributed by atoms with Gasteiger partial charge in [-0.3, -0.25) is 0 Å². The maximum Gasteiger partial charge on any atom is 0.341 e. The van der Waals surface area contributed by atoms with Crippen molar-refractivity contribution in [2.75, 3.05) is 23.3 Å². The van der Waals surface area contributed by atoms with E-state index in [2.05, 4.69) is 20.8 Å². The van der Waals surface area contributed by atoms with Crippen LogP contribution in [0.15, 0.2) is 29.2 Å². The highest BCUT2D eigenvalue weighted by Crippen LogP contribution is 2.27. The van der Waals surface area contributed by atoms with Crippen molar-refractivity contribution in [1.29, 1.82) is 0 Å². The van der Waals surface area contributed by atoms with Crippen LogP contribution in [0.3, 0.4) is 0 Å². The molecule has 0 aromatic heterocycles. The molecule has 1 atom stereocenters. The molecular weight excluding hydrogens is 340 g/mol. The Bertz CT molecular complexity index is 533. The summed E-state index contributed by atoms with van der Waals surface area (Å²) in [6, 6.07) is 5.67. The lowest BCUT2D eigenvalue weighted by molar-refractivity contribution is 0.234. The van der Waals surface area contributed by atoms with E-state index in [4.69, 9.17) is 0 Å².